The molecule has 8 heteroatoms. The van der Waals surface area contributed by atoms with E-state index >= 15 is 0 Å². The van der Waals surface area contributed by atoms with Gasteiger partial charge in [0.1, 0.15) is 12.7 Å². The van der Waals surface area contributed by atoms with Crippen molar-refractivity contribution in [3.05, 3.63) is 118 Å². The summed E-state index contributed by atoms with van der Waals surface area (Å²) >= 11 is 6.94. The third kappa shape index (κ3) is 5.48. The molecule has 38 heavy (non-hydrogen) atoms. The fourth-order valence-electron chi connectivity index (χ4n) is 4.18. The molecule has 0 aliphatic carbocycles. The van der Waals surface area contributed by atoms with Gasteiger partial charge in [-0.15, -0.1) is 0 Å². The predicted octanol–water partition coefficient (Wildman–Crippen LogP) is 7.83. The second-order valence-electron chi connectivity index (χ2n) is 8.87. The van der Waals surface area contributed by atoms with Gasteiger partial charge in [0.15, 0.2) is 5.78 Å². The van der Waals surface area contributed by atoms with Crippen LogP contribution in [0, 0.1) is 0 Å². The number of carbonyl (C=O) groups is 1. The summed E-state index contributed by atoms with van der Waals surface area (Å²) in [5.41, 5.74) is 7.39. The van der Waals surface area contributed by atoms with E-state index in [1.54, 1.807) is 26.5 Å². The van der Waals surface area contributed by atoms with Gasteiger partial charge < -0.3 is 5.11 Å². The number of Topliss-reactive ketones (excluding diaryl/α,β-unsaturated/α-hetero) is 1. The van der Waals surface area contributed by atoms with Gasteiger partial charge in [0.25, 0.3) is 0 Å². The molecule has 2 aromatic heterocycles. The molecule has 1 N–H and O–H groups in total. The zero-order valence-electron chi connectivity index (χ0n) is 20.7. The molecule has 6 aromatic rings. The molecule has 4 aromatic carbocycles. The van der Waals surface area contributed by atoms with Crippen molar-refractivity contribution in [1.29, 1.82) is 0 Å². The number of fused-ring (bicyclic) bond motifs is 2. The number of benzene rings is 4. The number of ketones is 1. The van der Waals surface area contributed by atoms with E-state index in [1.165, 1.54) is 0 Å². The van der Waals surface area contributed by atoms with Crippen LogP contribution in [0.25, 0.3) is 33.4 Å². The third-order valence-corrected chi connectivity index (χ3v) is 7.17. The van der Waals surface area contributed by atoms with Gasteiger partial charge in [-0.25, -0.2) is 9.97 Å². The van der Waals surface area contributed by atoms with Gasteiger partial charge in [0.2, 0.25) is 0 Å². The van der Waals surface area contributed by atoms with Crippen LogP contribution in [-0.2, 0) is 0 Å². The highest BCUT2D eigenvalue weighted by atomic mass is 79.9. The van der Waals surface area contributed by atoms with E-state index < -0.39 is 6.10 Å². The van der Waals surface area contributed by atoms with Crippen molar-refractivity contribution in [2.75, 3.05) is 0 Å². The Bertz CT molecular complexity index is 1770. The molecular formula is C30H24Br2N4O2. The van der Waals surface area contributed by atoms with E-state index in [9.17, 15) is 9.90 Å². The van der Waals surface area contributed by atoms with Gasteiger partial charge in [-0.2, -0.15) is 0 Å². The van der Waals surface area contributed by atoms with Crippen LogP contribution in [0.4, 0.5) is 0 Å². The minimum absolute atomic E-state index is 0.0545. The number of nitrogens with zero attached hydrogens (tertiary/aromatic N) is 4. The Morgan fingerprint density at radius 3 is 1.79 bits per heavy atom. The molecular weight excluding hydrogens is 608 g/mol. The first-order valence-corrected chi connectivity index (χ1v) is 13.5. The summed E-state index contributed by atoms with van der Waals surface area (Å²) < 4.78 is 6.09. The Morgan fingerprint density at radius 2 is 1.29 bits per heavy atom. The van der Waals surface area contributed by atoms with Crippen LogP contribution in [-0.4, -0.2) is 30.0 Å². The van der Waals surface area contributed by atoms with Crippen molar-refractivity contribution < 1.29 is 9.90 Å². The Labute approximate surface area is 236 Å². The minimum Gasteiger partial charge on any atom is -0.389 e. The molecule has 1 unspecified atom stereocenters. The van der Waals surface area contributed by atoms with Crippen molar-refractivity contribution in [2.45, 2.75) is 20.0 Å². The summed E-state index contributed by atoms with van der Waals surface area (Å²) in [5, 5.41) is 9.60. The Hall–Kier alpha value is -3.59. The van der Waals surface area contributed by atoms with E-state index in [-0.39, 0.29) is 5.78 Å². The number of hydrogen-bond acceptors (Lipinski definition) is 4. The summed E-state index contributed by atoms with van der Waals surface area (Å²) in [4.78, 5) is 20.1. The summed E-state index contributed by atoms with van der Waals surface area (Å²) in [6.07, 6.45) is 3.11. The molecule has 0 bridgehead atoms. The lowest BCUT2D eigenvalue weighted by Gasteiger charge is -2.07. The molecule has 1 atom stereocenters. The molecule has 2 heterocycles. The molecule has 0 amide bonds. The molecule has 0 aliphatic heterocycles. The predicted molar refractivity (Wildman–Crippen MR) is 158 cm³/mol. The first-order valence-electron chi connectivity index (χ1n) is 11.9. The van der Waals surface area contributed by atoms with Crippen molar-refractivity contribution in [3.8, 4) is 11.4 Å². The summed E-state index contributed by atoms with van der Waals surface area (Å²) in [6.45, 7) is 3.32. The topological polar surface area (TPSA) is 72.9 Å². The van der Waals surface area contributed by atoms with Gasteiger partial charge in [-0.1, -0.05) is 50.1 Å². The van der Waals surface area contributed by atoms with Gasteiger partial charge >= 0.3 is 0 Å². The third-order valence-electron chi connectivity index (χ3n) is 6.18. The second kappa shape index (κ2) is 11.0. The van der Waals surface area contributed by atoms with Crippen LogP contribution in [0.3, 0.4) is 0 Å². The molecule has 0 fully saturated rings. The lowest BCUT2D eigenvalue weighted by molar-refractivity contribution is 0.101. The smallest absolute Gasteiger partial charge is 0.159 e. The number of aliphatic hydroxyl groups excluding tert-OH is 1. The molecule has 6 rings (SSSR count). The highest BCUT2D eigenvalue weighted by molar-refractivity contribution is 9.10. The minimum atomic E-state index is -0.472. The second-order valence-corrected chi connectivity index (χ2v) is 10.7. The number of imidazole rings is 2. The quantitative estimate of drug-likeness (QED) is 0.201. The van der Waals surface area contributed by atoms with Crippen molar-refractivity contribution >= 4 is 59.7 Å². The molecule has 0 saturated heterocycles. The maximum atomic E-state index is 11.4. The highest BCUT2D eigenvalue weighted by Crippen LogP contribution is 2.24. The highest BCUT2D eigenvalue weighted by Gasteiger charge is 2.09. The summed E-state index contributed by atoms with van der Waals surface area (Å²) in [6, 6.07) is 27.5. The number of halogens is 2. The van der Waals surface area contributed by atoms with Crippen molar-refractivity contribution in [3.63, 3.8) is 0 Å². The zero-order valence-corrected chi connectivity index (χ0v) is 23.9. The number of hydrogen-bond donors (Lipinski definition) is 1. The number of carbonyl (C=O) groups excluding carboxylic acids is 1. The van der Waals surface area contributed by atoms with Gasteiger partial charge in [-0.3, -0.25) is 13.9 Å². The largest absolute Gasteiger partial charge is 0.389 e. The van der Waals surface area contributed by atoms with Gasteiger partial charge in [0.05, 0.1) is 28.2 Å². The fraction of sp³-hybridized carbons (Fsp3) is 0.100. The number of aliphatic hydroxyl groups is 1. The molecule has 190 valence electrons. The number of aromatic nitrogens is 4. The van der Waals surface area contributed by atoms with Crippen LogP contribution < -0.4 is 0 Å². The normalized spacial score (nSPS) is 11.8. The average molecular weight is 632 g/mol. The van der Waals surface area contributed by atoms with E-state index in [2.05, 4.69) is 41.8 Å². The van der Waals surface area contributed by atoms with Crippen molar-refractivity contribution in [2.24, 2.45) is 0 Å². The Morgan fingerprint density at radius 1 is 0.763 bits per heavy atom. The van der Waals surface area contributed by atoms with Crippen LogP contribution in [0.5, 0.6) is 0 Å². The molecule has 0 saturated carbocycles. The van der Waals surface area contributed by atoms with Crippen molar-refractivity contribution in [1.82, 2.24) is 19.1 Å². The average Bonchev–Trinajstić information content (AvgIpc) is 3.52. The fourth-order valence-corrected chi connectivity index (χ4v) is 4.96. The van der Waals surface area contributed by atoms with Gasteiger partial charge in [0, 0.05) is 25.9 Å². The standard InChI is InChI=1S/C15H13BrN2O.C15H11BrN2O/c2*1-10(19)11-5-6-15-14(7-11)17-9-18(15)13-4-2-3-12(16)8-13/h2-10,19H,1H3;2-9H,1H3. The molecule has 0 aliphatic rings. The maximum absolute atomic E-state index is 11.4. The van der Waals surface area contributed by atoms with Crippen LogP contribution in [0.15, 0.2) is 107 Å². The van der Waals surface area contributed by atoms with Crippen LogP contribution in [0.2, 0.25) is 0 Å². The summed E-state index contributed by atoms with van der Waals surface area (Å²) in [7, 11) is 0. The van der Waals surface area contributed by atoms with E-state index in [4.69, 9.17) is 0 Å². The Balaban J connectivity index is 0.000000155. The Kier molecular flexibility index (Phi) is 7.56. The first-order chi connectivity index (χ1) is 18.3. The first kappa shape index (κ1) is 26.0. The van der Waals surface area contributed by atoms with E-state index in [0.29, 0.717) is 5.56 Å². The SMILES string of the molecule is CC(=O)c1ccc2c(c1)ncn2-c1cccc(Br)c1.CC(O)c1ccc2c(c1)ncn2-c1cccc(Br)c1. The van der Waals surface area contributed by atoms with E-state index in [0.717, 1.165) is 48.0 Å². The molecule has 0 radical (unpaired) electrons. The van der Waals surface area contributed by atoms with E-state index in [1.807, 2.05) is 94.1 Å². The zero-order chi connectivity index (χ0) is 26.8. The monoisotopic (exact) mass is 630 g/mol. The summed E-state index contributed by atoms with van der Waals surface area (Å²) in [5.74, 6) is 0.0545. The lowest BCUT2D eigenvalue weighted by Crippen LogP contribution is -1.93. The van der Waals surface area contributed by atoms with Crippen LogP contribution in [0.1, 0.15) is 35.9 Å². The maximum Gasteiger partial charge on any atom is 0.159 e. The van der Waals surface area contributed by atoms with Gasteiger partial charge in [-0.05, 0) is 86.1 Å². The molecule has 0 spiro atoms. The van der Waals surface area contributed by atoms with Crippen LogP contribution >= 0.6 is 31.9 Å². The number of rotatable bonds is 4. The molecule has 6 nitrogen and oxygen atoms in total. The lowest BCUT2D eigenvalue weighted by atomic mass is 10.1.